The summed E-state index contributed by atoms with van der Waals surface area (Å²) in [5, 5.41) is 0. The van der Waals surface area contributed by atoms with Crippen molar-refractivity contribution in [1.82, 2.24) is 4.90 Å². The largest absolute Gasteiger partial charge is 0.378 e. The lowest BCUT2D eigenvalue weighted by molar-refractivity contribution is -0.0709. The van der Waals surface area contributed by atoms with Crippen LogP contribution in [0.3, 0.4) is 0 Å². The van der Waals surface area contributed by atoms with Gasteiger partial charge in [-0.15, -0.1) is 0 Å². The van der Waals surface area contributed by atoms with Gasteiger partial charge in [-0.05, 0) is 19.9 Å². The molecule has 0 N–H and O–H groups in total. The van der Waals surface area contributed by atoms with Gasteiger partial charge in [-0.1, -0.05) is 25.7 Å². The summed E-state index contributed by atoms with van der Waals surface area (Å²) in [7, 11) is 2.28. The molecule has 0 aromatic carbocycles. The number of rotatable bonds is 2. The van der Waals surface area contributed by atoms with Crippen LogP contribution in [0, 0.1) is 0 Å². The van der Waals surface area contributed by atoms with Crippen molar-refractivity contribution in [2.24, 2.45) is 0 Å². The molecule has 0 unspecified atom stereocenters. The standard InChI is InChI=1S/C11H21NO/c1-12(11-8-13-9-11)10-6-4-2-3-5-7-10/h10-11H,2-9H2,1H3. The molecule has 1 aliphatic heterocycles. The van der Waals surface area contributed by atoms with Gasteiger partial charge in [-0.25, -0.2) is 0 Å². The fourth-order valence-corrected chi connectivity index (χ4v) is 2.42. The minimum Gasteiger partial charge on any atom is -0.378 e. The van der Waals surface area contributed by atoms with Gasteiger partial charge in [0.05, 0.1) is 19.3 Å². The monoisotopic (exact) mass is 183 g/mol. The second-order valence-corrected chi connectivity index (χ2v) is 4.50. The van der Waals surface area contributed by atoms with Crippen LogP contribution in [-0.4, -0.2) is 37.2 Å². The summed E-state index contributed by atoms with van der Waals surface area (Å²) in [4.78, 5) is 2.56. The molecule has 1 saturated heterocycles. The van der Waals surface area contributed by atoms with E-state index in [1.807, 2.05) is 0 Å². The number of likely N-dealkylation sites (N-methyl/N-ethyl adjacent to an activating group) is 1. The maximum Gasteiger partial charge on any atom is 0.0645 e. The van der Waals surface area contributed by atoms with E-state index in [-0.39, 0.29) is 0 Å². The van der Waals surface area contributed by atoms with E-state index in [0.29, 0.717) is 0 Å². The molecule has 0 radical (unpaired) electrons. The SMILES string of the molecule is CN(C1CCCCCC1)C1COC1. The quantitative estimate of drug-likeness (QED) is 0.607. The summed E-state index contributed by atoms with van der Waals surface area (Å²) in [5.41, 5.74) is 0. The van der Waals surface area contributed by atoms with Gasteiger partial charge >= 0.3 is 0 Å². The third-order valence-corrected chi connectivity index (χ3v) is 3.60. The molecule has 1 saturated carbocycles. The Morgan fingerprint density at radius 2 is 1.54 bits per heavy atom. The molecule has 1 heterocycles. The molecular weight excluding hydrogens is 162 g/mol. The van der Waals surface area contributed by atoms with Gasteiger partial charge in [0.1, 0.15) is 0 Å². The van der Waals surface area contributed by atoms with Crippen molar-refractivity contribution in [2.45, 2.75) is 50.6 Å². The Hall–Kier alpha value is -0.0800. The Morgan fingerprint density at radius 3 is 2.00 bits per heavy atom. The van der Waals surface area contributed by atoms with E-state index in [0.717, 1.165) is 25.3 Å². The van der Waals surface area contributed by atoms with E-state index in [9.17, 15) is 0 Å². The van der Waals surface area contributed by atoms with Crippen LogP contribution in [0.15, 0.2) is 0 Å². The molecule has 2 aliphatic rings. The van der Waals surface area contributed by atoms with E-state index in [1.165, 1.54) is 38.5 Å². The van der Waals surface area contributed by atoms with Crippen LogP contribution >= 0.6 is 0 Å². The predicted molar refractivity (Wildman–Crippen MR) is 53.9 cm³/mol. The van der Waals surface area contributed by atoms with Crippen LogP contribution in [0.25, 0.3) is 0 Å². The van der Waals surface area contributed by atoms with Crippen molar-refractivity contribution < 1.29 is 4.74 Å². The highest BCUT2D eigenvalue weighted by Gasteiger charge is 2.28. The van der Waals surface area contributed by atoms with Crippen LogP contribution < -0.4 is 0 Å². The third-order valence-electron chi connectivity index (χ3n) is 3.60. The molecule has 1 aliphatic carbocycles. The van der Waals surface area contributed by atoms with Crippen LogP contribution in [-0.2, 0) is 4.74 Å². The lowest BCUT2D eigenvalue weighted by Gasteiger charge is -2.39. The average Bonchev–Trinajstić information content (AvgIpc) is 2.27. The fraction of sp³-hybridized carbons (Fsp3) is 1.00. The van der Waals surface area contributed by atoms with Crippen molar-refractivity contribution in [3.05, 3.63) is 0 Å². The van der Waals surface area contributed by atoms with Gasteiger partial charge in [0.2, 0.25) is 0 Å². The first kappa shape index (κ1) is 9.47. The van der Waals surface area contributed by atoms with Crippen LogP contribution in [0.2, 0.25) is 0 Å². The summed E-state index contributed by atoms with van der Waals surface area (Å²) >= 11 is 0. The van der Waals surface area contributed by atoms with Gasteiger partial charge in [-0.3, -0.25) is 4.90 Å². The summed E-state index contributed by atoms with van der Waals surface area (Å²) in [6, 6.07) is 1.57. The molecular formula is C11H21NO. The number of nitrogens with zero attached hydrogens (tertiary/aromatic N) is 1. The highest BCUT2D eigenvalue weighted by molar-refractivity contribution is 4.81. The van der Waals surface area contributed by atoms with E-state index in [4.69, 9.17) is 4.74 Å². The Balaban J connectivity index is 1.82. The van der Waals surface area contributed by atoms with Crippen LogP contribution in [0.5, 0.6) is 0 Å². The molecule has 2 fully saturated rings. The van der Waals surface area contributed by atoms with Crippen molar-refractivity contribution >= 4 is 0 Å². The van der Waals surface area contributed by atoms with E-state index in [2.05, 4.69) is 11.9 Å². The van der Waals surface area contributed by atoms with Gasteiger partial charge in [0.15, 0.2) is 0 Å². The molecule has 0 aromatic rings. The molecule has 2 nitrogen and oxygen atoms in total. The summed E-state index contributed by atoms with van der Waals surface area (Å²) < 4.78 is 5.24. The first-order valence-corrected chi connectivity index (χ1v) is 5.67. The number of hydrogen-bond donors (Lipinski definition) is 0. The zero-order valence-corrected chi connectivity index (χ0v) is 8.67. The normalized spacial score (nSPS) is 27.2. The average molecular weight is 183 g/mol. The molecule has 2 rings (SSSR count). The summed E-state index contributed by atoms with van der Waals surface area (Å²) in [6.45, 7) is 1.93. The fourth-order valence-electron chi connectivity index (χ4n) is 2.42. The number of ether oxygens (including phenoxy) is 1. The van der Waals surface area contributed by atoms with Crippen molar-refractivity contribution in [3.8, 4) is 0 Å². The van der Waals surface area contributed by atoms with Crippen LogP contribution in [0.1, 0.15) is 38.5 Å². The second-order valence-electron chi connectivity index (χ2n) is 4.50. The lowest BCUT2D eigenvalue weighted by Crippen LogP contribution is -2.51. The minimum absolute atomic E-state index is 0.725. The molecule has 0 amide bonds. The Labute approximate surface area is 81.3 Å². The van der Waals surface area contributed by atoms with E-state index in [1.54, 1.807) is 0 Å². The smallest absolute Gasteiger partial charge is 0.0645 e. The number of hydrogen-bond acceptors (Lipinski definition) is 2. The Bertz CT molecular complexity index is 148. The maximum absolute atomic E-state index is 5.24. The molecule has 0 bridgehead atoms. The molecule has 13 heavy (non-hydrogen) atoms. The first-order valence-electron chi connectivity index (χ1n) is 5.67. The highest BCUT2D eigenvalue weighted by atomic mass is 16.5. The summed E-state index contributed by atoms with van der Waals surface area (Å²) in [6.07, 6.45) is 8.59. The molecule has 0 spiro atoms. The zero-order chi connectivity index (χ0) is 9.10. The van der Waals surface area contributed by atoms with Gasteiger partial charge in [0, 0.05) is 6.04 Å². The lowest BCUT2D eigenvalue weighted by atomic mass is 10.0. The molecule has 0 aromatic heterocycles. The Morgan fingerprint density at radius 1 is 0.923 bits per heavy atom. The van der Waals surface area contributed by atoms with Gasteiger partial charge in [-0.2, -0.15) is 0 Å². The van der Waals surface area contributed by atoms with Crippen molar-refractivity contribution in [1.29, 1.82) is 0 Å². The van der Waals surface area contributed by atoms with E-state index >= 15 is 0 Å². The maximum atomic E-state index is 5.24. The zero-order valence-electron chi connectivity index (χ0n) is 8.67. The topological polar surface area (TPSA) is 12.5 Å². The summed E-state index contributed by atoms with van der Waals surface area (Å²) in [5.74, 6) is 0. The second kappa shape index (κ2) is 4.43. The van der Waals surface area contributed by atoms with Crippen LogP contribution in [0.4, 0.5) is 0 Å². The van der Waals surface area contributed by atoms with E-state index < -0.39 is 0 Å². The Kier molecular flexibility index (Phi) is 3.23. The van der Waals surface area contributed by atoms with Gasteiger partial charge in [0.25, 0.3) is 0 Å². The highest BCUT2D eigenvalue weighted by Crippen LogP contribution is 2.24. The van der Waals surface area contributed by atoms with Crippen molar-refractivity contribution in [3.63, 3.8) is 0 Å². The molecule has 2 heteroatoms. The minimum atomic E-state index is 0.725. The van der Waals surface area contributed by atoms with Gasteiger partial charge < -0.3 is 4.74 Å². The molecule has 0 atom stereocenters. The molecule has 76 valence electrons. The predicted octanol–water partition coefficient (Wildman–Crippen LogP) is 2.04. The van der Waals surface area contributed by atoms with Crippen molar-refractivity contribution in [2.75, 3.05) is 20.3 Å². The third kappa shape index (κ3) is 2.23. The first-order chi connectivity index (χ1) is 6.38.